The molecule has 0 aliphatic carbocycles. The molecule has 1 atom stereocenters. The molecule has 4 nitrogen and oxygen atoms in total. The summed E-state index contributed by atoms with van der Waals surface area (Å²) >= 11 is 0. The van der Waals surface area contributed by atoms with Gasteiger partial charge in [-0.15, -0.1) is 0 Å². The highest BCUT2D eigenvalue weighted by Crippen LogP contribution is 2.29. The van der Waals surface area contributed by atoms with Crippen LogP contribution >= 0.6 is 0 Å². The lowest BCUT2D eigenvalue weighted by atomic mass is 9.90. The van der Waals surface area contributed by atoms with E-state index in [9.17, 15) is 14.3 Å². The number of carbonyl (C=O) groups is 1. The maximum Gasteiger partial charge on any atom is 0.183 e. The van der Waals surface area contributed by atoms with E-state index in [0.717, 1.165) is 43.4 Å². The maximum absolute atomic E-state index is 13.3. The van der Waals surface area contributed by atoms with Gasteiger partial charge in [0.25, 0.3) is 0 Å². The first-order chi connectivity index (χ1) is 13.6. The Hall–Kier alpha value is -2.50. The average Bonchev–Trinajstić information content (AvgIpc) is 3.12. The van der Waals surface area contributed by atoms with Gasteiger partial charge < -0.3 is 15.0 Å². The number of benzene rings is 2. The highest BCUT2D eigenvalue weighted by atomic mass is 19.1. The van der Waals surface area contributed by atoms with Crippen LogP contribution in [0.25, 0.3) is 10.9 Å². The third kappa shape index (κ3) is 4.16. The molecule has 2 heterocycles. The van der Waals surface area contributed by atoms with Crippen LogP contribution in [-0.4, -0.2) is 47.0 Å². The lowest BCUT2D eigenvalue weighted by molar-refractivity contribution is 0.0989. The number of Topliss-reactive ketones (excluding diaryl/α,β-unsaturated/α-hetero) is 1. The summed E-state index contributed by atoms with van der Waals surface area (Å²) in [6.07, 6.45) is 2.45. The predicted octanol–water partition coefficient (Wildman–Crippen LogP) is 3.90. The first-order valence-electron chi connectivity index (χ1n) is 9.86. The van der Waals surface area contributed by atoms with Crippen LogP contribution in [0.5, 0.6) is 0 Å². The maximum atomic E-state index is 13.3. The van der Waals surface area contributed by atoms with Crippen LogP contribution in [0, 0.1) is 5.82 Å². The summed E-state index contributed by atoms with van der Waals surface area (Å²) < 4.78 is 13.3. The van der Waals surface area contributed by atoms with E-state index >= 15 is 0 Å². The molecule has 0 saturated carbocycles. The molecule has 0 radical (unpaired) electrons. The number of carbonyl (C=O) groups excluding carboxylic acids is 1. The third-order valence-electron chi connectivity index (χ3n) is 5.59. The number of H-pyrrole nitrogens is 1. The lowest BCUT2D eigenvalue weighted by Gasteiger charge is -2.32. The summed E-state index contributed by atoms with van der Waals surface area (Å²) in [5.41, 5.74) is 3.45. The summed E-state index contributed by atoms with van der Waals surface area (Å²) in [4.78, 5) is 18.1. The van der Waals surface area contributed by atoms with Crippen LogP contribution < -0.4 is 0 Å². The van der Waals surface area contributed by atoms with Crippen molar-refractivity contribution < 1.29 is 14.3 Å². The van der Waals surface area contributed by atoms with Crippen LogP contribution in [0.1, 0.15) is 40.4 Å². The number of aromatic nitrogens is 1. The second-order valence-corrected chi connectivity index (χ2v) is 7.62. The number of fused-ring (bicyclic) bond motifs is 1. The molecule has 2 aromatic carbocycles. The quantitative estimate of drug-likeness (QED) is 0.638. The van der Waals surface area contributed by atoms with Gasteiger partial charge in [0, 0.05) is 30.4 Å². The van der Waals surface area contributed by atoms with E-state index in [-0.39, 0.29) is 24.6 Å². The van der Waals surface area contributed by atoms with Crippen molar-refractivity contribution in [2.75, 3.05) is 26.2 Å². The summed E-state index contributed by atoms with van der Waals surface area (Å²) in [5, 5.41) is 10.2. The monoisotopic (exact) mass is 380 g/mol. The van der Waals surface area contributed by atoms with Crippen LogP contribution in [0.4, 0.5) is 4.39 Å². The van der Waals surface area contributed by atoms with Gasteiger partial charge >= 0.3 is 0 Å². The fourth-order valence-electron chi connectivity index (χ4n) is 4.15. The Morgan fingerprint density at radius 1 is 1.21 bits per heavy atom. The normalized spacial score (nSPS) is 17.9. The van der Waals surface area contributed by atoms with E-state index in [1.807, 2.05) is 12.1 Å². The molecule has 1 aromatic heterocycles. The Balaban J connectivity index is 1.52. The first-order valence-corrected chi connectivity index (χ1v) is 9.86. The molecule has 3 aromatic rings. The molecular weight excluding hydrogens is 355 g/mol. The molecule has 0 bridgehead atoms. The van der Waals surface area contributed by atoms with Gasteiger partial charge in [-0.3, -0.25) is 4.79 Å². The number of β-amino-alcohol motifs (C(OH)–C–C–N with tert-alkyl or cyclic N) is 1. The van der Waals surface area contributed by atoms with E-state index < -0.39 is 0 Å². The molecular formula is C23H25FN2O2. The van der Waals surface area contributed by atoms with Gasteiger partial charge in [-0.25, -0.2) is 4.39 Å². The topological polar surface area (TPSA) is 56.3 Å². The second-order valence-electron chi connectivity index (χ2n) is 7.62. The van der Waals surface area contributed by atoms with E-state index in [1.54, 1.807) is 12.1 Å². The van der Waals surface area contributed by atoms with Crippen molar-refractivity contribution in [2.45, 2.75) is 25.2 Å². The third-order valence-corrected chi connectivity index (χ3v) is 5.59. The van der Waals surface area contributed by atoms with Gasteiger partial charge in [-0.2, -0.15) is 0 Å². The standard InChI is InChI=1S/C23H25FN2O2/c24-20-5-1-3-16(11-20)12-23(28)22-14-19-13-17(6-7-21(19)25-22)18-4-2-8-26(15-18)9-10-27/h1,3,5-7,11,13-14,18,25,27H,2,4,8-10,12,15H2. The minimum Gasteiger partial charge on any atom is -0.395 e. The number of aromatic amines is 1. The Morgan fingerprint density at radius 3 is 2.93 bits per heavy atom. The Morgan fingerprint density at radius 2 is 2.11 bits per heavy atom. The van der Waals surface area contributed by atoms with Crippen molar-refractivity contribution in [1.29, 1.82) is 0 Å². The largest absolute Gasteiger partial charge is 0.395 e. The molecule has 4 rings (SSSR count). The van der Waals surface area contributed by atoms with E-state index in [0.29, 0.717) is 17.2 Å². The minimum atomic E-state index is -0.325. The van der Waals surface area contributed by atoms with Gasteiger partial charge in [0.15, 0.2) is 5.78 Å². The van der Waals surface area contributed by atoms with E-state index in [2.05, 4.69) is 22.0 Å². The molecule has 0 amide bonds. The molecule has 146 valence electrons. The molecule has 0 spiro atoms. The van der Waals surface area contributed by atoms with Crippen molar-refractivity contribution in [3.05, 3.63) is 71.2 Å². The van der Waals surface area contributed by atoms with Gasteiger partial charge in [-0.05, 0) is 66.8 Å². The van der Waals surface area contributed by atoms with Crippen LogP contribution in [-0.2, 0) is 6.42 Å². The van der Waals surface area contributed by atoms with Crippen molar-refractivity contribution in [3.8, 4) is 0 Å². The highest BCUT2D eigenvalue weighted by molar-refractivity contribution is 6.00. The minimum absolute atomic E-state index is 0.0462. The summed E-state index contributed by atoms with van der Waals surface area (Å²) in [5.74, 6) is 0.0792. The Kier molecular flexibility index (Phi) is 5.55. The van der Waals surface area contributed by atoms with Crippen LogP contribution in [0.15, 0.2) is 48.5 Å². The number of aliphatic hydroxyl groups is 1. The van der Waals surface area contributed by atoms with Crippen molar-refractivity contribution in [3.63, 3.8) is 0 Å². The smallest absolute Gasteiger partial charge is 0.183 e. The number of ketones is 1. The zero-order valence-corrected chi connectivity index (χ0v) is 15.8. The number of hydrogen-bond acceptors (Lipinski definition) is 3. The number of rotatable bonds is 6. The van der Waals surface area contributed by atoms with Crippen LogP contribution in [0.2, 0.25) is 0 Å². The number of likely N-dealkylation sites (tertiary alicyclic amines) is 1. The second kappa shape index (κ2) is 8.25. The summed E-state index contributed by atoms with van der Waals surface area (Å²) in [6, 6.07) is 14.4. The fourth-order valence-corrected chi connectivity index (χ4v) is 4.15. The van der Waals surface area contributed by atoms with Gasteiger partial charge in [0.2, 0.25) is 0 Å². The zero-order chi connectivity index (χ0) is 19.5. The Bertz CT molecular complexity index is 980. The van der Waals surface area contributed by atoms with E-state index in [4.69, 9.17) is 0 Å². The number of nitrogens with zero attached hydrogens (tertiary/aromatic N) is 1. The van der Waals surface area contributed by atoms with Gasteiger partial charge in [0.1, 0.15) is 5.82 Å². The van der Waals surface area contributed by atoms with E-state index in [1.165, 1.54) is 17.7 Å². The zero-order valence-electron chi connectivity index (χ0n) is 15.8. The fraction of sp³-hybridized carbons (Fsp3) is 0.348. The SMILES string of the molecule is O=C(Cc1cccc(F)c1)c1cc2cc(C3CCCN(CCO)C3)ccc2[nH]1. The average molecular weight is 380 g/mol. The predicted molar refractivity (Wildman–Crippen MR) is 108 cm³/mol. The van der Waals surface area contributed by atoms with Crippen molar-refractivity contribution >= 4 is 16.7 Å². The van der Waals surface area contributed by atoms with Crippen molar-refractivity contribution in [2.24, 2.45) is 0 Å². The Labute approximate surface area is 164 Å². The lowest BCUT2D eigenvalue weighted by Crippen LogP contribution is -2.36. The van der Waals surface area contributed by atoms with Gasteiger partial charge in [-0.1, -0.05) is 18.2 Å². The number of nitrogens with one attached hydrogen (secondary N) is 1. The molecule has 28 heavy (non-hydrogen) atoms. The first kappa shape index (κ1) is 18.8. The molecule has 1 unspecified atom stereocenters. The number of halogens is 1. The summed E-state index contributed by atoms with van der Waals surface area (Å²) in [6.45, 7) is 2.92. The number of hydrogen-bond donors (Lipinski definition) is 2. The van der Waals surface area contributed by atoms with Crippen molar-refractivity contribution in [1.82, 2.24) is 9.88 Å². The molecule has 5 heteroatoms. The molecule has 1 aliphatic rings. The summed E-state index contributed by atoms with van der Waals surface area (Å²) in [7, 11) is 0. The molecule has 1 aliphatic heterocycles. The highest BCUT2D eigenvalue weighted by Gasteiger charge is 2.21. The number of aliphatic hydroxyl groups excluding tert-OH is 1. The number of piperidine rings is 1. The van der Waals surface area contributed by atoms with Gasteiger partial charge in [0.05, 0.1) is 12.3 Å². The molecule has 1 saturated heterocycles. The van der Waals surface area contributed by atoms with Crippen LogP contribution in [0.3, 0.4) is 0 Å². The molecule has 1 fully saturated rings. The molecule has 2 N–H and O–H groups in total.